The Hall–Kier alpha value is -3.26. The number of benzene rings is 3. The summed E-state index contributed by atoms with van der Waals surface area (Å²) >= 11 is 14.0. The van der Waals surface area contributed by atoms with Crippen molar-refractivity contribution in [3.63, 3.8) is 0 Å². The summed E-state index contributed by atoms with van der Waals surface area (Å²) in [5.41, 5.74) is 3.58. The Labute approximate surface area is 216 Å². The number of rotatable bonds is 7. The molecule has 0 unspecified atom stereocenters. The van der Waals surface area contributed by atoms with Gasteiger partial charge in [0.15, 0.2) is 10.9 Å². The van der Waals surface area contributed by atoms with Crippen molar-refractivity contribution in [1.29, 1.82) is 0 Å². The molecule has 1 amide bonds. The van der Waals surface area contributed by atoms with Crippen molar-refractivity contribution in [2.24, 2.45) is 4.99 Å². The Kier molecular flexibility index (Phi) is 7.80. The van der Waals surface area contributed by atoms with Gasteiger partial charge in [0.05, 0.1) is 26.2 Å². The van der Waals surface area contributed by atoms with Gasteiger partial charge in [-0.15, -0.1) is 0 Å². The van der Waals surface area contributed by atoms with Crippen LogP contribution < -0.4 is 10.1 Å². The monoisotopic (exact) mass is 526 g/mol. The van der Waals surface area contributed by atoms with Crippen LogP contribution in [0.15, 0.2) is 70.6 Å². The predicted molar refractivity (Wildman–Crippen MR) is 141 cm³/mol. The van der Waals surface area contributed by atoms with E-state index in [9.17, 15) is 9.59 Å². The van der Waals surface area contributed by atoms with Gasteiger partial charge in [-0.2, -0.15) is 0 Å². The molecule has 35 heavy (non-hydrogen) atoms. The number of carboxylic acids is 1. The van der Waals surface area contributed by atoms with Crippen LogP contribution >= 0.6 is 35.0 Å². The second-order valence-corrected chi connectivity index (χ2v) is 9.45. The van der Waals surface area contributed by atoms with E-state index in [-0.39, 0.29) is 18.1 Å². The number of ether oxygens (including phenoxy) is 1. The summed E-state index contributed by atoms with van der Waals surface area (Å²) in [5.74, 6) is -0.943. The maximum absolute atomic E-state index is 12.4. The van der Waals surface area contributed by atoms with Gasteiger partial charge >= 0.3 is 5.97 Å². The zero-order valence-electron chi connectivity index (χ0n) is 18.5. The minimum atomic E-state index is -0.994. The van der Waals surface area contributed by atoms with Crippen LogP contribution in [-0.4, -0.2) is 22.2 Å². The molecule has 3 aromatic carbocycles. The Bertz CT molecular complexity index is 1310. The maximum Gasteiger partial charge on any atom is 0.335 e. The maximum atomic E-state index is 12.4. The van der Waals surface area contributed by atoms with Crippen LogP contribution in [0.1, 0.15) is 34.0 Å². The highest BCUT2D eigenvalue weighted by Gasteiger charge is 2.24. The highest BCUT2D eigenvalue weighted by molar-refractivity contribution is 8.18. The molecule has 2 N–H and O–H groups in total. The molecule has 3 aromatic rings. The second kappa shape index (κ2) is 11.0. The standard InChI is InChI=1S/C26H20Cl2N2O4S/c1-2-15-5-9-19(10-6-15)29-26-30-24(31)22(35-26)13-17-11-20(27)23(21(28)12-17)34-14-16-3-7-18(8-4-16)25(32)33/h3-13H,2,14H2,1H3,(H,32,33)(H,29,30,31)/b22-13-. The quantitative estimate of drug-likeness (QED) is 0.333. The van der Waals surface area contributed by atoms with Crippen LogP contribution in [0.25, 0.3) is 6.08 Å². The number of amides is 1. The van der Waals surface area contributed by atoms with Gasteiger partial charge in [-0.1, -0.05) is 54.4 Å². The van der Waals surface area contributed by atoms with Gasteiger partial charge in [-0.25, -0.2) is 9.79 Å². The molecule has 0 bridgehead atoms. The summed E-state index contributed by atoms with van der Waals surface area (Å²) in [5, 5.41) is 12.8. The lowest BCUT2D eigenvalue weighted by Gasteiger charge is -2.11. The molecular formula is C26H20Cl2N2O4S. The summed E-state index contributed by atoms with van der Waals surface area (Å²) in [6, 6.07) is 17.5. The van der Waals surface area contributed by atoms with Gasteiger partial charge in [-0.05, 0) is 77.3 Å². The fourth-order valence-electron chi connectivity index (χ4n) is 3.26. The van der Waals surface area contributed by atoms with Crippen molar-refractivity contribution in [3.8, 4) is 5.75 Å². The third-order valence-electron chi connectivity index (χ3n) is 5.13. The number of amidine groups is 1. The molecule has 1 heterocycles. The molecule has 0 spiro atoms. The average Bonchev–Trinajstić information content (AvgIpc) is 3.17. The van der Waals surface area contributed by atoms with Gasteiger partial charge in [-0.3, -0.25) is 4.79 Å². The van der Waals surface area contributed by atoms with Gasteiger partial charge in [0.1, 0.15) is 6.61 Å². The first-order chi connectivity index (χ1) is 16.8. The van der Waals surface area contributed by atoms with Gasteiger partial charge in [0.25, 0.3) is 5.91 Å². The van der Waals surface area contributed by atoms with Crippen LogP contribution in [0.2, 0.25) is 10.0 Å². The number of aryl methyl sites for hydroxylation is 1. The number of halogens is 2. The molecule has 1 fully saturated rings. The van der Waals surface area contributed by atoms with Crippen LogP contribution in [0.5, 0.6) is 5.75 Å². The van der Waals surface area contributed by atoms with Gasteiger partial charge in [0, 0.05) is 0 Å². The van der Waals surface area contributed by atoms with E-state index >= 15 is 0 Å². The third kappa shape index (κ3) is 6.25. The number of aliphatic imine (C=N–C) groups is 1. The fraction of sp³-hybridized carbons (Fsp3) is 0.115. The molecule has 0 radical (unpaired) electrons. The van der Waals surface area contributed by atoms with Crippen molar-refractivity contribution in [2.45, 2.75) is 20.0 Å². The van der Waals surface area contributed by atoms with E-state index in [0.29, 0.717) is 31.4 Å². The zero-order chi connectivity index (χ0) is 24.9. The minimum absolute atomic E-state index is 0.164. The highest BCUT2D eigenvalue weighted by atomic mass is 35.5. The predicted octanol–water partition coefficient (Wildman–Crippen LogP) is 6.72. The number of carbonyl (C=O) groups is 2. The SMILES string of the molecule is CCc1ccc(N=C2NC(=O)/C(=C/c3cc(Cl)c(OCc4ccc(C(=O)O)cc4)c(Cl)c3)S2)cc1. The molecule has 4 rings (SSSR count). The molecule has 1 aliphatic heterocycles. The first kappa shape index (κ1) is 24.9. The molecule has 178 valence electrons. The number of carbonyl (C=O) groups excluding carboxylic acids is 1. The van der Waals surface area contributed by atoms with Crippen molar-refractivity contribution >= 4 is 63.8 Å². The molecule has 6 nitrogen and oxygen atoms in total. The summed E-state index contributed by atoms with van der Waals surface area (Å²) in [6.07, 6.45) is 2.64. The van der Waals surface area contributed by atoms with Crippen molar-refractivity contribution < 1.29 is 19.4 Å². The number of nitrogens with one attached hydrogen (secondary N) is 1. The molecule has 0 atom stereocenters. The number of hydrogen-bond acceptors (Lipinski definition) is 5. The molecule has 1 saturated heterocycles. The Morgan fingerprint density at radius 2 is 1.69 bits per heavy atom. The van der Waals surface area contributed by atoms with E-state index in [1.807, 2.05) is 24.3 Å². The van der Waals surface area contributed by atoms with Crippen LogP contribution in [0.3, 0.4) is 0 Å². The molecule has 0 saturated carbocycles. The van der Waals surface area contributed by atoms with E-state index in [2.05, 4.69) is 17.2 Å². The normalized spacial score (nSPS) is 15.5. The molecule has 0 aliphatic carbocycles. The van der Waals surface area contributed by atoms with Crippen LogP contribution in [0.4, 0.5) is 5.69 Å². The number of hydrogen-bond donors (Lipinski definition) is 2. The summed E-state index contributed by atoms with van der Waals surface area (Å²) in [4.78, 5) is 28.4. The van der Waals surface area contributed by atoms with Crippen molar-refractivity contribution in [2.75, 3.05) is 0 Å². The van der Waals surface area contributed by atoms with Crippen molar-refractivity contribution in [1.82, 2.24) is 5.32 Å². The van der Waals surface area contributed by atoms with Gasteiger partial charge in [0.2, 0.25) is 0 Å². The Morgan fingerprint density at radius 3 is 2.29 bits per heavy atom. The number of aromatic carboxylic acids is 1. The number of thioether (sulfide) groups is 1. The number of nitrogens with zero attached hydrogens (tertiary/aromatic N) is 1. The molecule has 1 aliphatic rings. The average molecular weight is 527 g/mol. The lowest BCUT2D eigenvalue weighted by Crippen LogP contribution is -2.19. The van der Waals surface area contributed by atoms with E-state index in [1.54, 1.807) is 30.3 Å². The summed E-state index contributed by atoms with van der Waals surface area (Å²) in [6.45, 7) is 2.25. The van der Waals surface area contributed by atoms with Crippen LogP contribution in [0, 0.1) is 0 Å². The first-order valence-corrected chi connectivity index (χ1v) is 12.2. The third-order valence-corrected chi connectivity index (χ3v) is 6.60. The summed E-state index contributed by atoms with van der Waals surface area (Å²) in [7, 11) is 0. The van der Waals surface area contributed by atoms with E-state index < -0.39 is 5.97 Å². The van der Waals surface area contributed by atoms with E-state index in [0.717, 1.165) is 17.7 Å². The minimum Gasteiger partial charge on any atom is -0.486 e. The lowest BCUT2D eigenvalue weighted by molar-refractivity contribution is -0.115. The fourth-order valence-corrected chi connectivity index (χ4v) is 4.71. The Balaban J connectivity index is 1.46. The first-order valence-electron chi connectivity index (χ1n) is 10.6. The highest BCUT2D eigenvalue weighted by Crippen LogP contribution is 2.37. The Morgan fingerprint density at radius 1 is 1.06 bits per heavy atom. The largest absolute Gasteiger partial charge is 0.486 e. The van der Waals surface area contributed by atoms with E-state index in [1.165, 1.54) is 29.5 Å². The lowest BCUT2D eigenvalue weighted by atomic mass is 10.1. The second-order valence-electron chi connectivity index (χ2n) is 7.61. The van der Waals surface area contributed by atoms with E-state index in [4.69, 9.17) is 33.0 Å². The number of carboxylic acid groups (broad SMARTS) is 1. The van der Waals surface area contributed by atoms with Crippen molar-refractivity contribution in [3.05, 3.63) is 97.9 Å². The molecular weight excluding hydrogens is 507 g/mol. The van der Waals surface area contributed by atoms with Crippen LogP contribution in [-0.2, 0) is 17.8 Å². The van der Waals surface area contributed by atoms with Gasteiger partial charge < -0.3 is 15.2 Å². The topological polar surface area (TPSA) is 88.0 Å². The smallest absolute Gasteiger partial charge is 0.335 e. The molecule has 0 aromatic heterocycles. The zero-order valence-corrected chi connectivity index (χ0v) is 20.9. The summed E-state index contributed by atoms with van der Waals surface area (Å²) < 4.78 is 5.76. The molecule has 9 heteroatoms.